The fourth-order valence-electron chi connectivity index (χ4n) is 1.95. The zero-order valence-corrected chi connectivity index (χ0v) is 12.3. The summed E-state index contributed by atoms with van der Waals surface area (Å²) in [6.07, 6.45) is 3.32. The Kier molecular flexibility index (Phi) is 3.83. The van der Waals surface area contributed by atoms with E-state index in [1.807, 2.05) is 0 Å². The summed E-state index contributed by atoms with van der Waals surface area (Å²) in [5, 5.41) is 1.42. The monoisotopic (exact) mass is 319 g/mol. The van der Waals surface area contributed by atoms with E-state index in [0.29, 0.717) is 22.0 Å². The first-order valence-corrected chi connectivity index (χ1v) is 7.47. The second-order valence-corrected chi connectivity index (χ2v) is 5.50. The number of fused-ring (bicyclic) bond motifs is 1. The van der Waals surface area contributed by atoms with Crippen LogP contribution in [0.4, 0.5) is 11.5 Å². The summed E-state index contributed by atoms with van der Waals surface area (Å²) in [5.41, 5.74) is 1.23. The van der Waals surface area contributed by atoms with Crippen LogP contribution < -0.4 is 4.31 Å². The van der Waals surface area contributed by atoms with Gasteiger partial charge in [-0.3, -0.25) is 9.54 Å². The van der Waals surface area contributed by atoms with Crippen molar-refractivity contribution < 1.29 is 8.76 Å². The molecule has 0 bridgehead atoms. The summed E-state index contributed by atoms with van der Waals surface area (Å²) < 4.78 is 22.5. The maximum Gasteiger partial charge on any atom is 0.267 e. The molecule has 3 aromatic rings. The lowest BCUT2D eigenvalue weighted by molar-refractivity contribution is 0.564. The summed E-state index contributed by atoms with van der Waals surface area (Å²) in [6, 6.07) is 11.9. The van der Waals surface area contributed by atoms with Gasteiger partial charge in [0.1, 0.15) is 5.82 Å². The van der Waals surface area contributed by atoms with E-state index in [1.165, 1.54) is 4.31 Å². The van der Waals surface area contributed by atoms with Gasteiger partial charge in [-0.05, 0) is 42.5 Å². The van der Waals surface area contributed by atoms with Crippen LogP contribution >= 0.6 is 11.6 Å². The molecule has 7 heteroatoms. The zero-order valence-electron chi connectivity index (χ0n) is 10.7. The maximum atomic E-state index is 11.7. The molecule has 2 aromatic heterocycles. The summed E-state index contributed by atoms with van der Waals surface area (Å²) >= 11 is 3.60. The molecule has 0 aliphatic heterocycles. The average molecular weight is 320 g/mol. The number of aromatic nitrogens is 2. The lowest BCUT2D eigenvalue weighted by Gasteiger charge is -2.19. The minimum Gasteiger partial charge on any atom is -0.289 e. The van der Waals surface area contributed by atoms with Gasteiger partial charge in [0, 0.05) is 22.8 Å². The molecule has 0 spiro atoms. The molecule has 1 unspecified atom stereocenters. The largest absolute Gasteiger partial charge is 0.289 e. The molecular weight excluding hydrogens is 310 g/mol. The molecular formula is C14H10ClN3O2S. The highest BCUT2D eigenvalue weighted by Crippen LogP contribution is 2.27. The molecule has 0 saturated carbocycles. The zero-order chi connectivity index (χ0) is 14.8. The van der Waals surface area contributed by atoms with Gasteiger partial charge in [0.15, 0.2) is 0 Å². The first-order valence-electron chi connectivity index (χ1n) is 6.02. The molecule has 0 fully saturated rings. The summed E-state index contributed by atoms with van der Waals surface area (Å²) in [4.78, 5) is 8.41. The summed E-state index contributed by atoms with van der Waals surface area (Å²) in [6.45, 7) is 0. The third kappa shape index (κ3) is 2.87. The normalized spacial score (nSPS) is 12.3. The Hall–Kier alpha value is -2.02. The van der Waals surface area contributed by atoms with Gasteiger partial charge >= 0.3 is 0 Å². The van der Waals surface area contributed by atoms with Crippen LogP contribution in [0.5, 0.6) is 0 Å². The number of rotatable bonds is 3. The van der Waals surface area contributed by atoms with Gasteiger partial charge in [-0.2, -0.15) is 0 Å². The van der Waals surface area contributed by atoms with Crippen molar-refractivity contribution in [2.75, 3.05) is 4.31 Å². The lowest BCUT2D eigenvalue weighted by Crippen LogP contribution is -2.20. The van der Waals surface area contributed by atoms with Gasteiger partial charge < -0.3 is 0 Å². The Morgan fingerprint density at radius 2 is 1.86 bits per heavy atom. The smallest absolute Gasteiger partial charge is 0.267 e. The molecule has 0 amide bonds. The van der Waals surface area contributed by atoms with E-state index in [0.717, 1.165) is 5.39 Å². The van der Waals surface area contributed by atoms with Gasteiger partial charge in [0.25, 0.3) is 11.3 Å². The Balaban J connectivity index is 2.11. The van der Waals surface area contributed by atoms with E-state index >= 15 is 0 Å². The molecule has 1 N–H and O–H groups in total. The van der Waals surface area contributed by atoms with Crippen LogP contribution in [-0.4, -0.2) is 18.7 Å². The first kappa shape index (κ1) is 13.9. The molecule has 21 heavy (non-hydrogen) atoms. The van der Waals surface area contributed by atoms with E-state index in [-0.39, 0.29) is 0 Å². The molecule has 0 radical (unpaired) electrons. The van der Waals surface area contributed by atoms with Crippen LogP contribution in [0.25, 0.3) is 10.9 Å². The Morgan fingerprint density at radius 3 is 2.57 bits per heavy atom. The molecule has 0 saturated heterocycles. The molecule has 2 heterocycles. The number of nitrogens with zero attached hydrogens (tertiary/aromatic N) is 3. The van der Waals surface area contributed by atoms with Crippen LogP contribution in [0.1, 0.15) is 0 Å². The topological polar surface area (TPSA) is 66.3 Å². The van der Waals surface area contributed by atoms with Gasteiger partial charge in [0.2, 0.25) is 0 Å². The van der Waals surface area contributed by atoms with Crippen molar-refractivity contribution in [1.82, 2.24) is 9.97 Å². The van der Waals surface area contributed by atoms with E-state index in [2.05, 4.69) is 9.97 Å². The number of anilines is 2. The van der Waals surface area contributed by atoms with Crippen molar-refractivity contribution in [3.63, 3.8) is 0 Å². The quantitative estimate of drug-likeness (QED) is 0.750. The molecule has 106 valence electrons. The number of hydrogen-bond donors (Lipinski definition) is 1. The molecule has 3 rings (SSSR count). The highest BCUT2D eigenvalue weighted by Gasteiger charge is 2.16. The molecule has 0 aliphatic carbocycles. The Labute approximate surface area is 128 Å². The third-order valence-electron chi connectivity index (χ3n) is 2.90. The van der Waals surface area contributed by atoms with Crippen molar-refractivity contribution >= 4 is 45.3 Å². The van der Waals surface area contributed by atoms with Crippen molar-refractivity contribution in [3.8, 4) is 0 Å². The highest BCUT2D eigenvalue weighted by atomic mass is 35.5. The molecule has 0 aliphatic rings. The first-order chi connectivity index (χ1) is 10.1. The maximum absolute atomic E-state index is 11.7. The van der Waals surface area contributed by atoms with Crippen LogP contribution in [-0.2, 0) is 11.3 Å². The number of halogens is 1. The minimum atomic E-state index is -2.24. The summed E-state index contributed by atoms with van der Waals surface area (Å²) in [5.74, 6) is 0.372. The second kappa shape index (κ2) is 5.77. The Bertz CT molecular complexity index is 811. The number of benzene rings is 1. The van der Waals surface area contributed by atoms with Gasteiger partial charge in [-0.15, -0.1) is 0 Å². The van der Waals surface area contributed by atoms with Crippen molar-refractivity contribution in [2.24, 2.45) is 0 Å². The van der Waals surface area contributed by atoms with Crippen molar-refractivity contribution in [2.45, 2.75) is 0 Å². The van der Waals surface area contributed by atoms with Gasteiger partial charge in [0.05, 0.1) is 11.2 Å². The van der Waals surface area contributed by atoms with Crippen LogP contribution in [0.15, 0.2) is 54.9 Å². The molecule has 5 nitrogen and oxygen atoms in total. The Morgan fingerprint density at radius 1 is 1.10 bits per heavy atom. The van der Waals surface area contributed by atoms with Gasteiger partial charge in [-0.25, -0.2) is 13.5 Å². The summed E-state index contributed by atoms with van der Waals surface area (Å²) in [7, 11) is 0. The predicted molar refractivity (Wildman–Crippen MR) is 83.9 cm³/mol. The minimum absolute atomic E-state index is 0.372. The van der Waals surface area contributed by atoms with Gasteiger partial charge in [-0.1, -0.05) is 11.6 Å². The van der Waals surface area contributed by atoms with E-state index in [9.17, 15) is 8.76 Å². The lowest BCUT2D eigenvalue weighted by atomic mass is 10.2. The van der Waals surface area contributed by atoms with Crippen molar-refractivity contribution in [1.29, 1.82) is 0 Å². The fourth-order valence-corrected chi connectivity index (χ4v) is 2.64. The van der Waals surface area contributed by atoms with E-state index < -0.39 is 11.3 Å². The highest BCUT2D eigenvalue weighted by molar-refractivity contribution is 7.81. The SMILES string of the molecule is O=S(O)N(c1ccc(Cl)cc1)c1ccc2cnccc2n1. The standard InChI is InChI=1S/C14H10ClN3O2S/c15-11-2-4-12(5-3-11)18(21(19)20)14-6-1-10-9-16-8-7-13(10)17-14/h1-9H,(H,19,20). The van der Waals surface area contributed by atoms with Crippen LogP contribution in [0.2, 0.25) is 5.02 Å². The number of hydrogen-bond acceptors (Lipinski definition) is 3. The van der Waals surface area contributed by atoms with Crippen LogP contribution in [0, 0.1) is 0 Å². The van der Waals surface area contributed by atoms with Crippen LogP contribution in [0.3, 0.4) is 0 Å². The number of pyridine rings is 2. The molecule has 1 atom stereocenters. The van der Waals surface area contributed by atoms with E-state index in [4.69, 9.17) is 11.6 Å². The fraction of sp³-hybridized carbons (Fsp3) is 0. The van der Waals surface area contributed by atoms with Crippen molar-refractivity contribution in [3.05, 3.63) is 59.9 Å². The predicted octanol–water partition coefficient (Wildman–Crippen LogP) is 3.56. The third-order valence-corrected chi connectivity index (χ3v) is 3.86. The molecule has 1 aromatic carbocycles. The van der Waals surface area contributed by atoms with E-state index in [1.54, 1.807) is 54.9 Å². The second-order valence-electron chi connectivity index (χ2n) is 4.24. The average Bonchev–Trinajstić information content (AvgIpc) is 2.49.